The third-order valence-corrected chi connectivity index (χ3v) is 4.44. The average Bonchev–Trinajstić information content (AvgIpc) is 2.62. The summed E-state index contributed by atoms with van der Waals surface area (Å²) in [7, 11) is 0. The van der Waals surface area contributed by atoms with E-state index in [0.29, 0.717) is 13.0 Å². The van der Waals surface area contributed by atoms with Crippen LogP contribution >= 0.6 is 15.9 Å². The zero-order valence-electron chi connectivity index (χ0n) is 13.4. The highest BCUT2D eigenvalue weighted by molar-refractivity contribution is 9.10. The van der Waals surface area contributed by atoms with Gasteiger partial charge in [0.25, 0.3) is 0 Å². The molecule has 0 saturated carbocycles. The van der Waals surface area contributed by atoms with Crippen molar-refractivity contribution in [1.82, 2.24) is 9.78 Å². The Morgan fingerprint density at radius 1 is 1.35 bits per heavy atom. The summed E-state index contributed by atoms with van der Waals surface area (Å²) in [4.78, 5) is 0. The molecule has 0 aliphatic heterocycles. The molecule has 0 aliphatic rings. The van der Waals surface area contributed by atoms with Crippen molar-refractivity contribution in [3.8, 4) is 0 Å². The Balaban J connectivity index is 2.96. The molecule has 116 valence electrons. The topological polar surface area (TPSA) is 47.3 Å². The van der Waals surface area contributed by atoms with Crippen LogP contribution in [0.15, 0.2) is 4.47 Å². The first-order chi connectivity index (χ1) is 9.22. The number of nitrogens with zero attached hydrogens (tertiary/aromatic N) is 2. The van der Waals surface area contributed by atoms with Crippen LogP contribution in [0.3, 0.4) is 0 Å². The van der Waals surface area contributed by atoms with E-state index in [-0.39, 0.29) is 11.5 Å². The summed E-state index contributed by atoms with van der Waals surface area (Å²) in [5.41, 5.74) is 1.89. The van der Waals surface area contributed by atoms with Gasteiger partial charge in [0, 0.05) is 19.6 Å². The van der Waals surface area contributed by atoms with E-state index in [1.165, 1.54) is 0 Å². The van der Waals surface area contributed by atoms with Crippen LogP contribution < -0.4 is 0 Å². The summed E-state index contributed by atoms with van der Waals surface area (Å²) in [6.07, 6.45) is -0.204. The van der Waals surface area contributed by atoms with Gasteiger partial charge in [0.15, 0.2) is 0 Å². The summed E-state index contributed by atoms with van der Waals surface area (Å²) in [6, 6.07) is 0. The Labute approximate surface area is 130 Å². The summed E-state index contributed by atoms with van der Waals surface area (Å²) in [5, 5.41) is 15.1. The molecule has 1 aromatic rings. The Kier molecular flexibility index (Phi) is 6.23. The van der Waals surface area contributed by atoms with Gasteiger partial charge in [-0.2, -0.15) is 5.10 Å². The summed E-state index contributed by atoms with van der Waals surface area (Å²) in [5.74, 6) is 0. The molecule has 0 aromatic carbocycles. The van der Waals surface area contributed by atoms with Crippen LogP contribution in [0, 0.1) is 12.3 Å². The number of aliphatic hydroxyl groups excluding tert-OH is 1. The van der Waals surface area contributed by atoms with Crippen molar-refractivity contribution in [3.63, 3.8) is 0 Å². The van der Waals surface area contributed by atoms with Crippen LogP contribution in [0.25, 0.3) is 0 Å². The highest BCUT2D eigenvalue weighted by atomic mass is 79.9. The lowest BCUT2D eigenvalue weighted by Gasteiger charge is -2.34. The maximum atomic E-state index is 10.6. The minimum Gasteiger partial charge on any atom is -0.390 e. The van der Waals surface area contributed by atoms with Crippen molar-refractivity contribution in [3.05, 3.63) is 15.9 Å². The highest BCUT2D eigenvalue weighted by Gasteiger charge is 2.33. The molecule has 0 bridgehead atoms. The van der Waals surface area contributed by atoms with Crippen molar-refractivity contribution in [1.29, 1.82) is 0 Å². The molecule has 0 spiro atoms. The first-order valence-corrected chi connectivity index (χ1v) is 8.03. The minimum absolute atomic E-state index is 0.103. The molecule has 2 unspecified atom stereocenters. The van der Waals surface area contributed by atoms with Crippen LogP contribution in [0.4, 0.5) is 0 Å². The summed E-state index contributed by atoms with van der Waals surface area (Å²) < 4.78 is 8.69. The van der Waals surface area contributed by atoms with Crippen molar-refractivity contribution in [2.24, 2.45) is 5.41 Å². The number of hydrogen-bond donors (Lipinski definition) is 1. The van der Waals surface area contributed by atoms with E-state index in [1.54, 1.807) is 0 Å². The van der Waals surface area contributed by atoms with Gasteiger partial charge in [-0.1, -0.05) is 20.8 Å². The van der Waals surface area contributed by atoms with Gasteiger partial charge in [-0.3, -0.25) is 4.68 Å². The SMILES string of the molecule is CCOC(C(O)Cc1c(Br)c(C)nn1CC)C(C)(C)C. The third-order valence-electron chi connectivity index (χ3n) is 3.40. The van der Waals surface area contributed by atoms with Crippen LogP contribution in [0.2, 0.25) is 0 Å². The lowest BCUT2D eigenvalue weighted by atomic mass is 9.84. The van der Waals surface area contributed by atoms with Gasteiger partial charge in [-0.05, 0) is 42.1 Å². The molecule has 5 heteroatoms. The second kappa shape index (κ2) is 7.05. The van der Waals surface area contributed by atoms with Crippen molar-refractivity contribution >= 4 is 15.9 Å². The van der Waals surface area contributed by atoms with Gasteiger partial charge in [-0.15, -0.1) is 0 Å². The van der Waals surface area contributed by atoms with Gasteiger partial charge >= 0.3 is 0 Å². The second-order valence-corrected chi connectivity index (χ2v) is 6.97. The number of aliphatic hydroxyl groups is 1. The predicted octanol–water partition coefficient (Wildman–Crippen LogP) is 3.33. The van der Waals surface area contributed by atoms with Gasteiger partial charge in [0.2, 0.25) is 0 Å². The summed E-state index contributed by atoms with van der Waals surface area (Å²) >= 11 is 3.57. The van der Waals surface area contributed by atoms with E-state index in [9.17, 15) is 5.11 Å². The smallest absolute Gasteiger partial charge is 0.0885 e. The molecule has 0 fully saturated rings. The Hall–Kier alpha value is -0.390. The predicted molar refractivity (Wildman–Crippen MR) is 84.9 cm³/mol. The van der Waals surface area contributed by atoms with Crippen LogP contribution in [0.1, 0.15) is 46.0 Å². The van der Waals surface area contributed by atoms with Gasteiger partial charge in [-0.25, -0.2) is 0 Å². The Bertz CT molecular complexity index is 438. The molecule has 1 N–H and O–H groups in total. The zero-order valence-corrected chi connectivity index (χ0v) is 15.0. The molecule has 20 heavy (non-hydrogen) atoms. The standard InChI is InChI=1S/C15H27BrN2O2/c1-7-18-11(13(16)10(3)17-18)9-12(19)14(20-8-2)15(4,5)6/h12,14,19H,7-9H2,1-6H3. The zero-order chi connectivity index (χ0) is 15.5. The number of hydrogen-bond acceptors (Lipinski definition) is 3. The largest absolute Gasteiger partial charge is 0.390 e. The normalized spacial score (nSPS) is 15.4. The Morgan fingerprint density at radius 3 is 2.40 bits per heavy atom. The Morgan fingerprint density at radius 2 is 1.95 bits per heavy atom. The van der Waals surface area contributed by atoms with Crippen LogP contribution in [-0.2, 0) is 17.7 Å². The molecule has 1 aromatic heterocycles. The molecule has 0 saturated heterocycles. The molecule has 1 rings (SSSR count). The number of halogens is 1. The van der Waals surface area contributed by atoms with Crippen LogP contribution in [0.5, 0.6) is 0 Å². The fraction of sp³-hybridized carbons (Fsp3) is 0.800. The number of aryl methyl sites for hydroxylation is 2. The molecular weight excluding hydrogens is 320 g/mol. The van der Waals surface area contributed by atoms with E-state index < -0.39 is 6.10 Å². The second-order valence-electron chi connectivity index (χ2n) is 6.18. The summed E-state index contributed by atoms with van der Waals surface area (Å²) in [6.45, 7) is 13.7. The van der Waals surface area contributed by atoms with Gasteiger partial charge in [0.05, 0.1) is 28.1 Å². The van der Waals surface area contributed by atoms with Crippen molar-refractivity contribution in [2.75, 3.05) is 6.61 Å². The molecular formula is C15H27BrN2O2. The fourth-order valence-corrected chi connectivity index (χ4v) is 2.93. The first kappa shape index (κ1) is 17.7. The van der Waals surface area contributed by atoms with Crippen molar-refractivity contribution in [2.45, 2.75) is 66.7 Å². The maximum absolute atomic E-state index is 10.6. The molecule has 0 amide bonds. The number of rotatable bonds is 6. The van der Waals surface area contributed by atoms with E-state index in [1.807, 2.05) is 18.5 Å². The lowest BCUT2D eigenvalue weighted by molar-refractivity contribution is -0.0879. The molecule has 0 aliphatic carbocycles. The van der Waals surface area contributed by atoms with E-state index in [0.717, 1.165) is 22.4 Å². The maximum Gasteiger partial charge on any atom is 0.0885 e. The highest BCUT2D eigenvalue weighted by Crippen LogP contribution is 2.29. The minimum atomic E-state index is -0.548. The van der Waals surface area contributed by atoms with Gasteiger partial charge < -0.3 is 9.84 Å². The molecule has 1 heterocycles. The monoisotopic (exact) mass is 346 g/mol. The fourth-order valence-electron chi connectivity index (χ4n) is 2.49. The third kappa shape index (κ3) is 4.06. The van der Waals surface area contributed by atoms with E-state index >= 15 is 0 Å². The molecule has 0 radical (unpaired) electrons. The number of aromatic nitrogens is 2. The average molecular weight is 347 g/mol. The lowest BCUT2D eigenvalue weighted by Crippen LogP contribution is -2.41. The molecule has 2 atom stereocenters. The molecule has 4 nitrogen and oxygen atoms in total. The quantitative estimate of drug-likeness (QED) is 0.859. The van der Waals surface area contributed by atoms with Gasteiger partial charge in [0.1, 0.15) is 0 Å². The van der Waals surface area contributed by atoms with E-state index in [4.69, 9.17) is 4.74 Å². The first-order valence-electron chi connectivity index (χ1n) is 7.23. The number of ether oxygens (including phenoxy) is 1. The van der Waals surface area contributed by atoms with E-state index in [2.05, 4.69) is 48.7 Å². The van der Waals surface area contributed by atoms with Crippen LogP contribution in [-0.4, -0.2) is 33.7 Å². The van der Waals surface area contributed by atoms with Crippen molar-refractivity contribution < 1.29 is 9.84 Å².